The molecule has 1 amide bonds. The van der Waals surface area contributed by atoms with Gasteiger partial charge in [0.15, 0.2) is 11.5 Å². The lowest BCUT2D eigenvalue weighted by Gasteiger charge is -2.23. The second-order valence-electron chi connectivity index (χ2n) is 10.2. The number of aryl methyl sites for hydroxylation is 1. The van der Waals surface area contributed by atoms with Gasteiger partial charge in [0.2, 0.25) is 0 Å². The van der Waals surface area contributed by atoms with Crippen molar-refractivity contribution >= 4 is 28.5 Å². The van der Waals surface area contributed by atoms with Crippen LogP contribution in [0.25, 0.3) is 0 Å². The van der Waals surface area contributed by atoms with E-state index in [-0.39, 0.29) is 18.6 Å². The number of fused-ring (bicyclic) bond motifs is 1. The molecular formula is C32H35N3O3S. The molecule has 6 nitrogen and oxygen atoms in total. The molecule has 0 radical (unpaired) electrons. The molecule has 39 heavy (non-hydrogen) atoms. The van der Waals surface area contributed by atoms with Gasteiger partial charge in [-0.25, -0.2) is 4.99 Å². The number of hydrogen-bond acceptors (Lipinski definition) is 6. The van der Waals surface area contributed by atoms with Crippen molar-refractivity contribution in [2.45, 2.75) is 77.4 Å². The van der Waals surface area contributed by atoms with Gasteiger partial charge in [-0.1, -0.05) is 37.5 Å². The third-order valence-corrected chi connectivity index (χ3v) is 8.64. The van der Waals surface area contributed by atoms with E-state index in [9.17, 15) is 10.1 Å². The van der Waals surface area contributed by atoms with E-state index in [0.29, 0.717) is 23.7 Å². The van der Waals surface area contributed by atoms with Gasteiger partial charge in [0, 0.05) is 22.7 Å². The number of carbonyl (C=O) groups is 1. The molecule has 2 aliphatic carbocycles. The summed E-state index contributed by atoms with van der Waals surface area (Å²) in [6, 6.07) is 15.6. The molecule has 2 aliphatic rings. The van der Waals surface area contributed by atoms with Crippen LogP contribution in [0.3, 0.4) is 0 Å². The highest BCUT2D eigenvalue weighted by molar-refractivity contribution is 7.16. The molecule has 0 saturated heterocycles. The molecule has 1 fully saturated rings. The van der Waals surface area contributed by atoms with Crippen molar-refractivity contribution in [1.82, 2.24) is 5.32 Å². The molecule has 5 rings (SSSR count). The number of hydrogen-bond donors (Lipinski definition) is 1. The molecule has 7 heteroatoms. The first-order valence-corrected chi connectivity index (χ1v) is 14.8. The maximum Gasteiger partial charge on any atom is 0.254 e. The van der Waals surface area contributed by atoms with Crippen molar-refractivity contribution in [3.8, 4) is 17.6 Å². The van der Waals surface area contributed by atoms with Crippen molar-refractivity contribution in [3.63, 3.8) is 0 Å². The van der Waals surface area contributed by atoms with E-state index in [4.69, 9.17) is 14.5 Å². The Morgan fingerprint density at radius 1 is 1.08 bits per heavy atom. The highest BCUT2D eigenvalue weighted by Crippen LogP contribution is 2.40. The molecule has 0 atom stereocenters. The largest absolute Gasteiger partial charge is 0.490 e. The van der Waals surface area contributed by atoms with Crippen LogP contribution in [0.1, 0.15) is 89.4 Å². The van der Waals surface area contributed by atoms with Crippen molar-refractivity contribution in [2.24, 2.45) is 4.99 Å². The molecule has 0 spiro atoms. The van der Waals surface area contributed by atoms with Gasteiger partial charge in [0.25, 0.3) is 5.91 Å². The summed E-state index contributed by atoms with van der Waals surface area (Å²) in [7, 11) is 0. The van der Waals surface area contributed by atoms with Crippen LogP contribution in [0, 0.1) is 11.3 Å². The number of nitrogens with one attached hydrogen (secondary N) is 1. The number of nitrogens with zero attached hydrogens (tertiary/aromatic N) is 2. The smallest absolute Gasteiger partial charge is 0.254 e. The molecule has 3 aromatic rings. The molecule has 0 bridgehead atoms. The van der Waals surface area contributed by atoms with E-state index >= 15 is 0 Å². The van der Waals surface area contributed by atoms with Crippen molar-refractivity contribution < 1.29 is 14.3 Å². The summed E-state index contributed by atoms with van der Waals surface area (Å²) in [6.45, 7) is 2.70. The minimum atomic E-state index is 0.0323. The van der Waals surface area contributed by atoms with Gasteiger partial charge in [-0.05, 0) is 80.8 Å². The summed E-state index contributed by atoms with van der Waals surface area (Å²) < 4.78 is 11.9. The Bertz CT molecular complexity index is 1380. The van der Waals surface area contributed by atoms with Crippen LogP contribution in [0.15, 0.2) is 47.5 Å². The third-order valence-electron chi connectivity index (χ3n) is 7.44. The van der Waals surface area contributed by atoms with Gasteiger partial charge in [-0.2, -0.15) is 5.26 Å². The molecule has 1 N–H and O–H groups in total. The molecule has 0 unspecified atom stereocenters. The number of carbonyl (C=O) groups excluding carboxylic acids is 1. The fraction of sp³-hybridized carbons (Fsp3) is 0.406. The summed E-state index contributed by atoms with van der Waals surface area (Å²) in [5.74, 6) is 1.27. The highest BCUT2D eigenvalue weighted by Gasteiger charge is 2.27. The predicted octanol–water partition coefficient (Wildman–Crippen LogP) is 7.29. The number of amides is 1. The predicted molar refractivity (Wildman–Crippen MR) is 156 cm³/mol. The number of aliphatic imine (C=N–C) groups is 1. The molecule has 1 heterocycles. The second-order valence-corrected chi connectivity index (χ2v) is 11.2. The number of rotatable bonds is 9. The first kappa shape index (κ1) is 27.0. The fourth-order valence-electron chi connectivity index (χ4n) is 5.42. The van der Waals surface area contributed by atoms with E-state index < -0.39 is 0 Å². The molecule has 1 aromatic heterocycles. The molecular weight excluding hydrogens is 506 g/mol. The van der Waals surface area contributed by atoms with Crippen LogP contribution < -0.4 is 14.8 Å². The minimum Gasteiger partial charge on any atom is -0.490 e. The topological polar surface area (TPSA) is 83.7 Å². The third kappa shape index (κ3) is 6.51. The lowest BCUT2D eigenvalue weighted by molar-refractivity contribution is 0.0927. The van der Waals surface area contributed by atoms with Crippen LogP contribution in [0.5, 0.6) is 11.5 Å². The lowest BCUT2D eigenvalue weighted by atomic mass is 9.93. The van der Waals surface area contributed by atoms with Crippen LogP contribution >= 0.6 is 11.3 Å². The van der Waals surface area contributed by atoms with Gasteiger partial charge in [0.05, 0.1) is 23.8 Å². The number of nitriles is 1. The highest BCUT2D eigenvalue weighted by atomic mass is 32.1. The standard InChI is InChI=1S/C32H35N3O3S/c1-2-37-28-18-22(16-17-27(28)38-21-24-11-7-6-10-23(24)19-33)20-34-32-30(26-14-8-9-15-29(26)39-32)31(36)35-25-12-4-3-5-13-25/h6-7,10-11,16-18,20,25H,2-5,8-9,12-15,21H2,1H3,(H,35,36). The number of thiophene rings is 1. The average Bonchev–Trinajstić information content (AvgIpc) is 3.35. The lowest BCUT2D eigenvalue weighted by Crippen LogP contribution is -2.36. The Hall–Kier alpha value is -3.63. The fourth-order valence-corrected chi connectivity index (χ4v) is 6.65. The van der Waals surface area contributed by atoms with Crippen LogP contribution in [0.2, 0.25) is 0 Å². The van der Waals surface area contributed by atoms with Gasteiger partial charge in [-0.3, -0.25) is 4.79 Å². The first-order valence-electron chi connectivity index (χ1n) is 14.0. The maximum atomic E-state index is 13.5. The molecule has 202 valence electrons. The Labute approximate surface area is 234 Å². The zero-order chi connectivity index (χ0) is 27.0. The van der Waals surface area contributed by atoms with Gasteiger partial charge in [-0.15, -0.1) is 11.3 Å². The summed E-state index contributed by atoms with van der Waals surface area (Å²) in [4.78, 5) is 19.6. The van der Waals surface area contributed by atoms with E-state index in [1.807, 2.05) is 49.5 Å². The van der Waals surface area contributed by atoms with Crippen LogP contribution in [-0.4, -0.2) is 24.8 Å². The molecule has 0 aliphatic heterocycles. The summed E-state index contributed by atoms with van der Waals surface area (Å²) in [6.07, 6.45) is 11.8. The van der Waals surface area contributed by atoms with E-state index in [1.54, 1.807) is 17.4 Å². The Balaban J connectivity index is 1.36. The Morgan fingerprint density at radius 3 is 2.72 bits per heavy atom. The van der Waals surface area contributed by atoms with E-state index in [0.717, 1.165) is 53.8 Å². The maximum absolute atomic E-state index is 13.5. The SMILES string of the molecule is CCOc1cc(C=Nc2sc3c(c2C(=O)NC2CCCCC2)CCCC3)ccc1OCc1ccccc1C#N. The number of ether oxygens (including phenoxy) is 2. The molecule has 2 aromatic carbocycles. The van der Waals surface area contributed by atoms with Gasteiger partial charge in [0.1, 0.15) is 11.6 Å². The van der Waals surface area contributed by atoms with Crippen molar-refractivity contribution in [2.75, 3.05) is 6.61 Å². The Kier molecular flexibility index (Phi) is 8.95. The second kappa shape index (κ2) is 12.9. The monoisotopic (exact) mass is 541 g/mol. The van der Waals surface area contributed by atoms with E-state index in [2.05, 4.69) is 11.4 Å². The summed E-state index contributed by atoms with van der Waals surface area (Å²) in [5, 5.41) is 13.5. The van der Waals surface area contributed by atoms with Crippen LogP contribution in [-0.2, 0) is 19.4 Å². The Morgan fingerprint density at radius 2 is 1.90 bits per heavy atom. The minimum absolute atomic E-state index is 0.0323. The summed E-state index contributed by atoms with van der Waals surface area (Å²) in [5.41, 5.74) is 4.27. The zero-order valence-corrected chi connectivity index (χ0v) is 23.3. The zero-order valence-electron chi connectivity index (χ0n) is 22.5. The van der Waals surface area contributed by atoms with E-state index in [1.165, 1.54) is 36.1 Å². The number of benzene rings is 2. The van der Waals surface area contributed by atoms with Crippen molar-refractivity contribution in [1.29, 1.82) is 5.26 Å². The van der Waals surface area contributed by atoms with Crippen molar-refractivity contribution in [3.05, 3.63) is 75.2 Å². The van der Waals surface area contributed by atoms with Gasteiger partial charge < -0.3 is 14.8 Å². The van der Waals surface area contributed by atoms with Gasteiger partial charge >= 0.3 is 0 Å². The first-order chi connectivity index (χ1) is 19.2. The summed E-state index contributed by atoms with van der Waals surface area (Å²) >= 11 is 1.66. The normalized spacial score (nSPS) is 15.5. The van der Waals surface area contributed by atoms with Crippen LogP contribution in [0.4, 0.5) is 5.00 Å². The average molecular weight is 542 g/mol. The molecule has 1 saturated carbocycles. The quantitative estimate of drug-likeness (QED) is 0.288.